The van der Waals surface area contributed by atoms with Crippen LogP contribution in [0.5, 0.6) is 0 Å². The topological polar surface area (TPSA) is 88.4 Å². The first-order valence-electron chi connectivity index (χ1n) is 6.71. The summed E-state index contributed by atoms with van der Waals surface area (Å²) < 4.78 is 0. The molecule has 2 aliphatic rings. The van der Waals surface area contributed by atoms with E-state index in [2.05, 4.69) is 10.3 Å². The summed E-state index contributed by atoms with van der Waals surface area (Å²) in [6.45, 7) is 2.38. The van der Waals surface area contributed by atoms with Gasteiger partial charge >= 0.3 is 0 Å². The number of nitro groups is 1. The minimum atomic E-state index is -0.444. The van der Waals surface area contributed by atoms with Gasteiger partial charge in [0, 0.05) is 24.6 Å². The Kier molecular flexibility index (Phi) is 3.04. The van der Waals surface area contributed by atoms with Crippen LogP contribution in [0, 0.1) is 17.0 Å². The molecule has 1 atom stereocenters. The average Bonchev–Trinajstić information content (AvgIpc) is 3.14. The first kappa shape index (κ1) is 12.8. The number of anilines is 1. The molecule has 2 heterocycles. The van der Waals surface area contributed by atoms with E-state index in [1.165, 1.54) is 6.20 Å². The van der Waals surface area contributed by atoms with Gasteiger partial charge in [0.1, 0.15) is 12.0 Å². The largest absolute Gasteiger partial charge is 0.365 e. The van der Waals surface area contributed by atoms with Crippen LogP contribution in [0.15, 0.2) is 12.3 Å². The maximum absolute atomic E-state index is 11.8. The van der Waals surface area contributed by atoms with Crippen LogP contribution in [-0.2, 0) is 4.79 Å². The predicted octanol–water partition coefficient (Wildman–Crippen LogP) is 1.47. The Morgan fingerprint density at radius 1 is 1.50 bits per heavy atom. The van der Waals surface area contributed by atoms with Crippen LogP contribution in [0.3, 0.4) is 0 Å². The number of nitrogens with one attached hydrogen (secondary N) is 1. The second-order valence-corrected chi connectivity index (χ2v) is 5.44. The van der Waals surface area contributed by atoms with Gasteiger partial charge in [0.15, 0.2) is 0 Å². The fraction of sp³-hybridized carbons (Fsp3) is 0.538. The quantitative estimate of drug-likeness (QED) is 0.664. The van der Waals surface area contributed by atoms with E-state index in [4.69, 9.17) is 0 Å². The molecule has 20 heavy (non-hydrogen) atoms. The Balaban J connectivity index is 1.68. The average molecular weight is 276 g/mol. The second-order valence-electron chi connectivity index (χ2n) is 5.44. The molecular weight excluding hydrogens is 260 g/mol. The number of pyridine rings is 1. The van der Waals surface area contributed by atoms with Crippen molar-refractivity contribution in [2.45, 2.75) is 38.3 Å². The number of carbonyl (C=O) groups excluding carboxylic acids is 1. The van der Waals surface area contributed by atoms with E-state index in [1.54, 1.807) is 13.0 Å². The number of aryl methyl sites for hydroxylation is 1. The van der Waals surface area contributed by atoms with E-state index in [9.17, 15) is 14.9 Å². The number of likely N-dealkylation sites (tertiary alicyclic amines) is 1. The van der Waals surface area contributed by atoms with Crippen LogP contribution in [0.2, 0.25) is 0 Å². The highest BCUT2D eigenvalue weighted by molar-refractivity contribution is 5.80. The van der Waals surface area contributed by atoms with Crippen molar-refractivity contribution in [1.29, 1.82) is 0 Å². The van der Waals surface area contributed by atoms with Gasteiger partial charge in [-0.1, -0.05) is 0 Å². The maximum atomic E-state index is 11.8. The Morgan fingerprint density at radius 2 is 2.25 bits per heavy atom. The standard InChI is InChI=1S/C13H16N4O3/c1-8-4-12(14-6-11(8)17(19)20)15-9-5-13(18)16(7-9)10-2-3-10/h4,6,9-10H,2-3,5,7H2,1H3,(H,14,15). The minimum absolute atomic E-state index is 0.0117. The van der Waals surface area contributed by atoms with Crippen LogP contribution in [0.4, 0.5) is 11.5 Å². The van der Waals surface area contributed by atoms with Crippen LogP contribution < -0.4 is 5.32 Å². The highest BCUT2D eigenvalue weighted by atomic mass is 16.6. The monoisotopic (exact) mass is 276 g/mol. The van der Waals surface area contributed by atoms with Crippen molar-refractivity contribution in [1.82, 2.24) is 9.88 Å². The van der Waals surface area contributed by atoms with Gasteiger partial charge in [0.25, 0.3) is 5.69 Å². The molecule has 1 aliphatic carbocycles. The molecular formula is C13H16N4O3. The first-order chi connectivity index (χ1) is 9.54. The Hall–Kier alpha value is -2.18. The zero-order valence-electron chi connectivity index (χ0n) is 11.2. The summed E-state index contributed by atoms with van der Waals surface area (Å²) in [7, 11) is 0. The Bertz CT molecular complexity index is 571. The van der Waals surface area contributed by atoms with Gasteiger partial charge in [0.05, 0.1) is 11.0 Å². The lowest BCUT2D eigenvalue weighted by Crippen LogP contribution is -2.29. The van der Waals surface area contributed by atoms with E-state index in [0.717, 1.165) is 12.8 Å². The van der Waals surface area contributed by atoms with Crippen molar-refractivity contribution >= 4 is 17.4 Å². The van der Waals surface area contributed by atoms with Crippen LogP contribution in [0.1, 0.15) is 24.8 Å². The third kappa shape index (κ3) is 2.43. The third-order valence-electron chi connectivity index (χ3n) is 3.78. The SMILES string of the molecule is Cc1cc(NC2CC(=O)N(C3CC3)C2)ncc1[N+](=O)[O-]. The molecule has 2 fully saturated rings. The Labute approximate surface area is 116 Å². The third-order valence-corrected chi connectivity index (χ3v) is 3.78. The fourth-order valence-electron chi connectivity index (χ4n) is 2.60. The summed E-state index contributed by atoms with van der Waals surface area (Å²) in [5.41, 5.74) is 0.577. The van der Waals surface area contributed by atoms with Crippen LogP contribution in [-0.4, -0.2) is 39.3 Å². The first-order valence-corrected chi connectivity index (χ1v) is 6.71. The van der Waals surface area contributed by atoms with E-state index < -0.39 is 4.92 Å². The number of amides is 1. The molecule has 1 unspecified atom stereocenters. The summed E-state index contributed by atoms with van der Waals surface area (Å²) in [6, 6.07) is 2.12. The zero-order chi connectivity index (χ0) is 14.3. The molecule has 3 rings (SSSR count). The molecule has 1 aromatic heterocycles. The highest BCUT2D eigenvalue weighted by Crippen LogP contribution is 2.31. The molecule has 1 N–H and O–H groups in total. The number of hydrogen-bond acceptors (Lipinski definition) is 5. The van der Waals surface area contributed by atoms with Gasteiger partial charge < -0.3 is 10.2 Å². The predicted molar refractivity (Wildman–Crippen MR) is 72.4 cm³/mol. The smallest absolute Gasteiger partial charge is 0.290 e. The molecule has 0 aromatic carbocycles. The number of rotatable bonds is 4. The molecule has 1 amide bonds. The molecule has 7 heteroatoms. The van der Waals surface area contributed by atoms with Gasteiger partial charge in [-0.2, -0.15) is 0 Å². The van der Waals surface area contributed by atoms with Gasteiger partial charge in [-0.25, -0.2) is 4.98 Å². The minimum Gasteiger partial charge on any atom is -0.365 e. The second kappa shape index (κ2) is 4.73. The van der Waals surface area contributed by atoms with Crippen molar-refractivity contribution < 1.29 is 9.72 Å². The van der Waals surface area contributed by atoms with E-state index in [0.29, 0.717) is 30.4 Å². The summed E-state index contributed by atoms with van der Waals surface area (Å²) in [4.78, 5) is 28.1. The molecule has 7 nitrogen and oxygen atoms in total. The lowest BCUT2D eigenvalue weighted by atomic mass is 10.2. The number of nitrogens with zero attached hydrogens (tertiary/aromatic N) is 3. The highest BCUT2D eigenvalue weighted by Gasteiger charge is 2.39. The summed E-state index contributed by atoms with van der Waals surface area (Å²) in [6.07, 6.45) is 3.93. The number of carbonyl (C=O) groups is 1. The van der Waals surface area contributed by atoms with Gasteiger partial charge in [-0.15, -0.1) is 0 Å². The lowest BCUT2D eigenvalue weighted by molar-refractivity contribution is -0.385. The zero-order valence-corrected chi connectivity index (χ0v) is 11.2. The van der Waals surface area contributed by atoms with E-state index in [1.807, 2.05) is 4.90 Å². The van der Waals surface area contributed by atoms with Crippen molar-refractivity contribution in [3.63, 3.8) is 0 Å². The molecule has 0 spiro atoms. The molecule has 0 radical (unpaired) electrons. The van der Waals surface area contributed by atoms with Crippen molar-refractivity contribution in [3.8, 4) is 0 Å². The van der Waals surface area contributed by atoms with Crippen LogP contribution >= 0.6 is 0 Å². The maximum Gasteiger partial charge on any atom is 0.290 e. The molecule has 106 valence electrons. The number of hydrogen-bond donors (Lipinski definition) is 1. The molecule has 1 saturated heterocycles. The summed E-state index contributed by atoms with van der Waals surface area (Å²) in [5.74, 6) is 0.771. The van der Waals surface area contributed by atoms with Crippen molar-refractivity contribution in [3.05, 3.63) is 27.9 Å². The summed E-state index contributed by atoms with van der Waals surface area (Å²) in [5, 5.41) is 13.9. The normalized spacial score (nSPS) is 22.1. The van der Waals surface area contributed by atoms with Gasteiger partial charge in [-0.3, -0.25) is 14.9 Å². The van der Waals surface area contributed by atoms with Crippen molar-refractivity contribution in [2.24, 2.45) is 0 Å². The molecule has 1 saturated carbocycles. The summed E-state index contributed by atoms with van der Waals surface area (Å²) >= 11 is 0. The number of aromatic nitrogens is 1. The Morgan fingerprint density at radius 3 is 2.85 bits per heavy atom. The van der Waals surface area contributed by atoms with Gasteiger partial charge in [0.2, 0.25) is 5.91 Å². The fourth-order valence-corrected chi connectivity index (χ4v) is 2.60. The molecule has 0 bridgehead atoms. The molecule has 1 aliphatic heterocycles. The van der Waals surface area contributed by atoms with Crippen LogP contribution in [0.25, 0.3) is 0 Å². The van der Waals surface area contributed by atoms with E-state index >= 15 is 0 Å². The van der Waals surface area contributed by atoms with Crippen molar-refractivity contribution in [2.75, 3.05) is 11.9 Å². The molecule has 1 aromatic rings. The van der Waals surface area contributed by atoms with E-state index in [-0.39, 0.29) is 17.6 Å². The van der Waals surface area contributed by atoms with Gasteiger partial charge in [-0.05, 0) is 25.8 Å². The lowest BCUT2D eigenvalue weighted by Gasteiger charge is -2.16.